The minimum atomic E-state index is -0.522. The molecule has 2 aromatic rings. The van der Waals surface area contributed by atoms with Gasteiger partial charge >= 0.3 is 0 Å². The van der Waals surface area contributed by atoms with Crippen molar-refractivity contribution in [2.75, 3.05) is 0 Å². The van der Waals surface area contributed by atoms with E-state index in [1.165, 1.54) is 0 Å². The average Bonchev–Trinajstić information content (AvgIpc) is 2.72. The smallest absolute Gasteiger partial charge is 0.0845 e. The highest BCUT2D eigenvalue weighted by Crippen LogP contribution is 2.28. The van der Waals surface area contributed by atoms with Crippen LogP contribution >= 0.6 is 31.9 Å². The molecule has 0 radical (unpaired) electrons. The first-order valence-electron chi connectivity index (χ1n) is 6.17. The number of hydrogen-bond donors (Lipinski definition) is 1. The molecule has 5 heteroatoms. The maximum absolute atomic E-state index is 10.3. The lowest BCUT2D eigenvalue weighted by Crippen LogP contribution is -2.08. The quantitative estimate of drug-likeness (QED) is 0.860. The maximum Gasteiger partial charge on any atom is 0.0845 e. The Labute approximate surface area is 129 Å². The Hall–Kier alpha value is -0.650. The molecule has 1 aromatic carbocycles. The van der Waals surface area contributed by atoms with E-state index in [2.05, 4.69) is 43.9 Å². The SMILES string of the molecule is CCn1nc(C)cc1CC(O)c1ccc(Br)c(Br)c1. The molecule has 0 aliphatic heterocycles. The number of rotatable bonds is 4. The summed E-state index contributed by atoms with van der Waals surface area (Å²) in [6.45, 7) is 4.84. The van der Waals surface area contributed by atoms with E-state index in [1.807, 2.05) is 35.9 Å². The molecule has 0 aliphatic rings. The summed E-state index contributed by atoms with van der Waals surface area (Å²) >= 11 is 6.89. The van der Waals surface area contributed by atoms with Gasteiger partial charge in [0.2, 0.25) is 0 Å². The summed E-state index contributed by atoms with van der Waals surface area (Å²) in [4.78, 5) is 0. The van der Waals surface area contributed by atoms with Crippen molar-refractivity contribution in [3.8, 4) is 0 Å². The first-order chi connectivity index (χ1) is 9.01. The standard InChI is InChI=1S/C14H16Br2N2O/c1-3-18-11(6-9(2)17-18)8-14(19)10-4-5-12(15)13(16)7-10/h4-7,14,19H,3,8H2,1-2H3. The van der Waals surface area contributed by atoms with Crippen molar-refractivity contribution in [1.82, 2.24) is 9.78 Å². The zero-order valence-corrected chi connectivity index (χ0v) is 14.1. The predicted octanol–water partition coefficient (Wildman–Crippen LogP) is 4.01. The number of aliphatic hydroxyl groups is 1. The lowest BCUT2D eigenvalue weighted by molar-refractivity contribution is 0.175. The molecule has 1 atom stereocenters. The summed E-state index contributed by atoms with van der Waals surface area (Å²) in [7, 11) is 0. The Kier molecular flexibility index (Phi) is 4.81. The average molecular weight is 388 g/mol. The highest BCUT2D eigenvalue weighted by molar-refractivity contribution is 9.13. The summed E-state index contributed by atoms with van der Waals surface area (Å²) in [5.41, 5.74) is 2.95. The normalized spacial score (nSPS) is 12.7. The van der Waals surface area contributed by atoms with Gasteiger partial charge in [0.05, 0.1) is 11.8 Å². The molecule has 0 saturated carbocycles. The van der Waals surface area contributed by atoms with E-state index >= 15 is 0 Å². The summed E-state index contributed by atoms with van der Waals surface area (Å²) in [6, 6.07) is 7.83. The Balaban J connectivity index is 2.20. The van der Waals surface area contributed by atoms with Crippen molar-refractivity contribution < 1.29 is 5.11 Å². The zero-order valence-electron chi connectivity index (χ0n) is 10.9. The van der Waals surface area contributed by atoms with E-state index in [9.17, 15) is 5.11 Å². The zero-order chi connectivity index (χ0) is 14.0. The van der Waals surface area contributed by atoms with Gasteiger partial charge in [-0.15, -0.1) is 0 Å². The van der Waals surface area contributed by atoms with Gasteiger partial charge in [0.1, 0.15) is 0 Å². The van der Waals surface area contributed by atoms with Gasteiger partial charge < -0.3 is 5.11 Å². The third-order valence-electron chi connectivity index (χ3n) is 3.02. The molecule has 0 bridgehead atoms. The van der Waals surface area contributed by atoms with Crippen molar-refractivity contribution in [2.45, 2.75) is 32.9 Å². The molecule has 0 spiro atoms. The largest absolute Gasteiger partial charge is 0.388 e. The summed E-state index contributed by atoms with van der Waals surface area (Å²) < 4.78 is 3.87. The number of benzene rings is 1. The second-order valence-corrected chi connectivity index (χ2v) is 6.19. The molecule has 2 rings (SSSR count). The van der Waals surface area contributed by atoms with Gasteiger partial charge in [-0.25, -0.2) is 0 Å². The third kappa shape index (κ3) is 3.46. The van der Waals surface area contributed by atoms with Crippen LogP contribution in [0.1, 0.15) is 30.0 Å². The molecular formula is C14H16Br2N2O. The van der Waals surface area contributed by atoms with Gasteiger partial charge in [0.15, 0.2) is 0 Å². The van der Waals surface area contributed by atoms with Gasteiger partial charge in [-0.1, -0.05) is 6.07 Å². The molecule has 3 nitrogen and oxygen atoms in total. The fourth-order valence-electron chi connectivity index (χ4n) is 2.07. The summed E-state index contributed by atoms with van der Waals surface area (Å²) in [5.74, 6) is 0. The molecule has 1 N–H and O–H groups in total. The molecular weight excluding hydrogens is 372 g/mol. The molecule has 19 heavy (non-hydrogen) atoms. The van der Waals surface area contributed by atoms with Crippen LogP contribution in [0.3, 0.4) is 0 Å². The van der Waals surface area contributed by atoms with Crippen molar-refractivity contribution in [2.24, 2.45) is 0 Å². The minimum absolute atomic E-state index is 0.522. The Morgan fingerprint density at radius 2 is 2.00 bits per heavy atom. The summed E-state index contributed by atoms with van der Waals surface area (Å²) in [6.07, 6.45) is 0.0498. The number of hydrogen-bond acceptors (Lipinski definition) is 2. The maximum atomic E-state index is 10.3. The van der Waals surface area contributed by atoms with E-state index in [0.29, 0.717) is 6.42 Å². The fourth-order valence-corrected chi connectivity index (χ4v) is 2.72. The first kappa shape index (κ1) is 14.8. The minimum Gasteiger partial charge on any atom is -0.388 e. The van der Waals surface area contributed by atoms with Gasteiger partial charge in [-0.05, 0) is 69.5 Å². The monoisotopic (exact) mass is 386 g/mol. The van der Waals surface area contributed by atoms with E-state index < -0.39 is 6.10 Å². The van der Waals surface area contributed by atoms with Crippen LogP contribution in [0.2, 0.25) is 0 Å². The van der Waals surface area contributed by atoms with Gasteiger partial charge in [-0.2, -0.15) is 5.10 Å². The van der Waals surface area contributed by atoms with Crippen LogP contribution in [0.15, 0.2) is 33.2 Å². The second kappa shape index (κ2) is 6.20. The summed E-state index contributed by atoms with van der Waals surface area (Å²) in [5, 5.41) is 14.7. The van der Waals surface area contributed by atoms with Crippen LogP contribution in [0.4, 0.5) is 0 Å². The molecule has 0 fully saturated rings. The Morgan fingerprint density at radius 3 is 2.63 bits per heavy atom. The Morgan fingerprint density at radius 1 is 1.26 bits per heavy atom. The van der Waals surface area contributed by atoms with E-state index in [1.54, 1.807) is 0 Å². The van der Waals surface area contributed by atoms with Crippen LogP contribution in [0, 0.1) is 6.92 Å². The number of aliphatic hydroxyl groups excluding tert-OH is 1. The highest BCUT2D eigenvalue weighted by atomic mass is 79.9. The number of aryl methyl sites for hydroxylation is 2. The van der Waals surface area contributed by atoms with Gasteiger partial charge in [0.25, 0.3) is 0 Å². The van der Waals surface area contributed by atoms with Crippen molar-refractivity contribution in [3.63, 3.8) is 0 Å². The van der Waals surface area contributed by atoms with Crippen molar-refractivity contribution in [3.05, 3.63) is 50.2 Å². The molecule has 102 valence electrons. The predicted molar refractivity (Wildman–Crippen MR) is 83.1 cm³/mol. The topological polar surface area (TPSA) is 38.0 Å². The second-order valence-electron chi connectivity index (χ2n) is 4.49. The van der Waals surface area contributed by atoms with E-state index in [0.717, 1.165) is 32.4 Å². The van der Waals surface area contributed by atoms with Crippen LogP contribution < -0.4 is 0 Å². The van der Waals surface area contributed by atoms with Crippen molar-refractivity contribution in [1.29, 1.82) is 0 Å². The van der Waals surface area contributed by atoms with E-state index in [4.69, 9.17) is 0 Å². The van der Waals surface area contributed by atoms with Crippen LogP contribution in [-0.4, -0.2) is 14.9 Å². The highest BCUT2D eigenvalue weighted by Gasteiger charge is 2.13. The third-order valence-corrected chi connectivity index (χ3v) is 4.90. The van der Waals surface area contributed by atoms with Crippen LogP contribution in [-0.2, 0) is 13.0 Å². The number of halogens is 2. The molecule has 0 amide bonds. The van der Waals surface area contributed by atoms with Crippen molar-refractivity contribution >= 4 is 31.9 Å². The van der Waals surface area contributed by atoms with Crippen LogP contribution in [0.25, 0.3) is 0 Å². The van der Waals surface area contributed by atoms with Gasteiger partial charge in [0, 0.05) is 27.6 Å². The molecule has 1 unspecified atom stereocenters. The molecule has 0 saturated heterocycles. The number of aromatic nitrogens is 2. The lowest BCUT2D eigenvalue weighted by Gasteiger charge is -2.13. The lowest BCUT2D eigenvalue weighted by atomic mass is 10.0. The van der Waals surface area contributed by atoms with E-state index in [-0.39, 0.29) is 0 Å². The fraction of sp³-hybridized carbons (Fsp3) is 0.357. The molecule has 1 aromatic heterocycles. The van der Waals surface area contributed by atoms with Gasteiger partial charge in [-0.3, -0.25) is 4.68 Å². The first-order valence-corrected chi connectivity index (χ1v) is 7.76. The molecule has 0 aliphatic carbocycles. The number of nitrogens with zero attached hydrogens (tertiary/aromatic N) is 2. The molecule has 1 heterocycles. The Bertz CT molecular complexity index is 581. The van der Waals surface area contributed by atoms with Crippen LogP contribution in [0.5, 0.6) is 0 Å².